The van der Waals surface area contributed by atoms with Crippen LogP contribution in [-0.2, 0) is 6.42 Å². The molecule has 18 heavy (non-hydrogen) atoms. The van der Waals surface area contributed by atoms with E-state index in [4.69, 9.17) is 21.1 Å². The molecular weight excluding hydrogens is 248 g/mol. The highest BCUT2D eigenvalue weighted by Gasteiger charge is 2.22. The van der Waals surface area contributed by atoms with E-state index in [1.807, 2.05) is 0 Å². The van der Waals surface area contributed by atoms with Gasteiger partial charge in [0.2, 0.25) is 0 Å². The Kier molecular flexibility index (Phi) is 3.38. The number of fused-ring (bicyclic) bond motifs is 2. The minimum Gasteiger partial charge on any atom is -0.489 e. The Morgan fingerprint density at radius 3 is 2.61 bits per heavy atom. The van der Waals surface area contributed by atoms with Gasteiger partial charge >= 0.3 is 0 Å². The quantitative estimate of drug-likeness (QED) is 0.520. The summed E-state index contributed by atoms with van der Waals surface area (Å²) in [6.45, 7) is 3.59. The molecule has 0 bridgehead atoms. The van der Waals surface area contributed by atoms with Crippen LogP contribution in [0.4, 0.5) is 0 Å². The molecule has 1 aromatic rings. The Labute approximate surface area is 113 Å². The summed E-state index contributed by atoms with van der Waals surface area (Å²) < 4.78 is 11.7. The topological polar surface area (TPSA) is 18.5 Å². The highest BCUT2D eigenvalue weighted by molar-refractivity contribution is 6.21. The fourth-order valence-corrected chi connectivity index (χ4v) is 3.02. The zero-order chi connectivity index (χ0) is 12.5. The first-order valence-electron chi connectivity index (χ1n) is 6.80. The third-order valence-electron chi connectivity index (χ3n) is 3.74. The average Bonchev–Trinajstić information content (AvgIpc) is 2.66. The number of alkyl halides is 1. The Balaban J connectivity index is 2.00. The van der Waals surface area contributed by atoms with E-state index >= 15 is 0 Å². The largest absolute Gasteiger partial charge is 0.489 e. The number of aryl methyl sites for hydroxylation is 1. The summed E-state index contributed by atoms with van der Waals surface area (Å²) in [6, 6.07) is 4.25. The van der Waals surface area contributed by atoms with Crippen molar-refractivity contribution in [3.8, 4) is 11.5 Å². The van der Waals surface area contributed by atoms with Crippen LogP contribution in [0.15, 0.2) is 12.1 Å². The molecule has 0 saturated carbocycles. The third kappa shape index (κ3) is 2.31. The van der Waals surface area contributed by atoms with Gasteiger partial charge in [0.05, 0.1) is 18.6 Å². The Morgan fingerprint density at radius 1 is 1.11 bits per heavy atom. The summed E-state index contributed by atoms with van der Waals surface area (Å²) in [5, 5.41) is 0.122. The standard InChI is InChI=1S/C15H19ClO2/c1-10-8-17-14-6-11-4-2-3-5-13(16)12(11)7-15(14)18-9-10/h6-7,10,13H,2-5,8-9H2,1H3. The van der Waals surface area contributed by atoms with Crippen molar-refractivity contribution in [3.63, 3.8) is 0 Å². The molecule has 0 amide bonds. The fourth-order valence-electron chi connectivity index (χ4n) is 2.66. The third-order valence-corrected chi connectivity index (χ3v) is 4.20. The monoisotopic (exact) mass is 266 g/mol. The van der Waals surface area contributed by atoms with E-state index in [2.05, 4.69) is 19.1 Å². The maximum atomic E-state index is 6.47. The summed E-state index contributed by atoms with van der Waals surface area (Å²) >= 11 is 6.47. The zero-order valence-corrected chi connectivity index (χ0v) is 11.5. The molecule has 1 aliphatic heterocycles. The van der Waals surface area contributed by atoms with Crippen LogP contribution in [0, 0.1) is 5.92 Å². The molecule has 0 fully saturated rings. The van der Waals surface area contributed by atoms with E-state index in [-0.39, 0.29) is 5.38 Å². The summed E-state index contributed by atoms with van der Waals surface area (Å²) in [5.74, 6) is 2.19. The van der Waals surface area contributed by atoms with Crippen LogP contribution < -0.4 is 9.47 Å². The lowest BCUT2D eigenvalue weighted by atomic mass is 10.0. The van der Waals surface area contributed by atoms with Crippen molar-refractivity contribution in [3.05, 3.63) is 23.3 Å². The molecule has 0 radical (unpaired) electrons. The predicted molar refractivity (Wildman–Crippen MR) is 72.7 cm³/mol. The maximum Gasteiger partial charge on any atom is 0.161 e. The van der Waals surface area contributed by atoms with E-state index in [9.17, 15) is 0 Å². The number of benzene rings is 1. The molecule has 1 aliphatic carbocycles. The van der Waals surface area contributed by atoms with Gasteiger partial charge in [-0.25, -0.2) is 0 Å². The summed E-state index contributed by atoms with van der Waals surface area (Å²) in [6.07, 6.45) is 4.58. The van der Waals surface area contributed by atoms with Gasteiger partial charge in [0.25, 0.3) is 0 Å². The molecule has 1 heterocycles. The molecule has 1 aromatic carbocycles. The van der Waals surface area contributed by atoms with E-state index in [1.165, 1.54) is 24.0 Å². The maximum absolute atomic E-state index is 6.47. The first kappa shape index (κ1) is 12.2. The molecule has 0 N–H and O–H groups in total. The summed E-state index contributed by atoms with van der Waals surface area (Å²) in [5.41, 5.74) is 2.58. The zero-order valence-electron chi connectivity index (χ0n) is 10.7. The van der Waals surface area contributed by atoms with Gasteiger partial charge < -0.3 is 9.47 Å². The molecular formula is C15H19ClO2. The second-order valence-electron chi connectivity index (χ2n) is 5.44. The summed E-state index contributed by atoms with van der Waals surface area (Å²) in [4.78, 5) is 0. The first-order valence-corrected chi connectivity index (χ1v) is 7.24. The van der Waals surface area contributed by atoms with Crippen molar-refractivity contribution in [2.45, 2.75) is 38.0 Å². The molecule has 2 unspecified atom stereocenters. The number of ether oxygens (including phenoxy) is 2. The fraction of sp³-hybridized carbons (Fsp3) is 0.600. The van der Waals surface area contributed by atoms with Crippen molar-refractivity contribution in [1.29, 1.82) is 0 Å². The van der Waals surface area contributed by atoms with Gasteiger partial charge in [0.15, 0.2) is 11.5 Å². The van der Waals surface area contributed by atoms with E-state index in [1.54, 1.807) is 0 Å². The lowest BCUT2D eigenvalue weighted by Crippen LogP contribution is -2.12. The van der Waals surface area contributed by atoms with Crippen LogP contribution in [0.3, 0.4) is 0 Å². The number of rotatable bonds is 0. The Hall–Kier alpha value is -0.890. The molecule has 3 rings (SSSR count). The van der Waals surface area contributed by atoms with Crippen LogP contribution >= 0.6 is 11.6 Å². The number of hydrogen-bond donors (Lipinski definition) is 0. The molecule has 0 spiro atoms. The molecule has 2 atom stereocenters. The van der Waals surface area contributed by atoms with Crippen LogP contribution in [-0.4, -0.2) is 13.2 Å². The van der Waals surface area contributed by atoms with Crippen molar-refractivity contribution < 1.29 is 9.47 Å². The smallest absolute Gasteiger partial charge is 0.161 e. The van der Waals surface area contributed by atoms with Gasteiger partial charge in [0.1, 0.15) is 0 Å². The Morgan fingerprint density at radius 2 is 1.83 bits per heavy atom. The minimum atomic E-state index is 0.122. The highest BCUT2D eigenvalue weighted by atomic mass is 35.5. The normalized spacial score (nSPS) is 27.0. The molecule has 2 nitrogen and oxygen atoms in total. The highest BCUT2D eigenvalue weighted by Crippen LogP contribution is 2.41. The van der Waals surface area contributed by atoms with Crippen molar-refractivity contribution in [2.24, 2.45) is 5.92 Å². The van der Waals surface area contributed by atoms with Gasteiger partial charge in [-0.1, -0.05) is 13.3 Å². The van der Waals surface area contributed by atoms with Gasteiger partial charge in [0, 0.05) is 5.92 Å². The second kappa shape index (κ2) is 5.00. The van der Waals surface area contributed by atoms with Crippen molar-refractivity contribution in [2.75, 3.05) is 13.2 Å². The number of halogens is 1. The Bertz CT molecular complexity index is 444. The molecule has 0 aromatic heterocycles. The van der Waals surface area contributed by atoms with Gasteiger partial charge in [-0.2, -0.15) is 0 Å². The van der Waals surface area contributed by atoms with Gasteiger partial charge in [-0.3, -0.25) is 0 Å². The second-order valence-corrected chi connectivity index (χ2v) is 5.97. The average molecular weight is 267 g/mol. The minimum absolute atomic E-state index is 0.122. The van der Waals surface area contributed by atoms with E-state index in [0.29, 0.717) is 5.92 Å². The van der Waals surface area contributed by atoms with Crippen LogP contribution in [0.5, 0.6) is 11.5 Å². The van der Waals surface area contributed by atoms with E-state index in [0.717, 1.165) is 37.6 Å². The van der Waals surface area contributed by atoms with Crippen molar-refractivity contribution >= 4 is 11.6 Å². The van der Waals surface area contributed by atoms with Gasteiger partial charge in [-0.15, -0.1) is 11.6 Å². The lowest BCUT2D eigenvalue weighted by Gasteiger charge is -2.15. The van der Waals surface area contributed by atoms with Gasteiger partial charge in [-0.05, 0) is 42.5 Å². The molecule has 2 aliphatic rings. The molecule has 98 valence electrons. The molecule has 0 saturated heterocycles. The van der Waals surface area contributed by atoms with Crippen molar-refractivity contribution in [1.82, 2.24) is 0 Å². The van der Waals surface area contributed by atoms with E-state index < -0.39 is 0 Å². The number of hydrogen-bond acceptors (Lipinski definition) is 2. The lowest BCUT2D eigenvalue weighted by molar-refractivity contribution is 0.228. The van der Waals surface area contributed by atoms with Crippen LogP contribution in [0.25, 0.3) is 0 Å². The molecule has 3 heteroatoms. The predicted octanol–water partition coefficient (Wildman–Crippen LogP) is 4.10. The SMILES string of the molecule is CC1COc2cc3c(cc2OC1)C(Cl)CCCC3. The summed E-state index contributed by atoms with van der Waals surface area (Å²) in [7, 11) is 0. The first-order chi connectivity index (χ1) is 8.74. The van der Waals surface area contributed by atoms with Crippen LogP contribution in [0.2, 0.25) is 0 Å². The van der Waals surface area contributed by atoms with Crippen LogP contribution in [0.1, 0.15) is 42.7 Å².